The van der Waals surface area contributed by atoms with E-state index in [2.05, 4.69) is 15.9 Å². The third-order valence-corrected chi connectivity index (χ3v) is 3.12. The average Bonchev–Trinajstić information content (AvgIpc) is 2.36. The maximum absolute atomic E-state index is 10.8. The van der Waals surface area contributed by atoms with Crippen LogP contribution in [0, 0.1) is 0 Å². The maximum atomic E-state index is 10.8. The summed E-state index contributed by atoms with van der Waals surface area (Å²) < 4.78 is 12.0. The Labute approximate surface area is 121 Å². The molecule has 1 rings (SSSR count). The number of hydrogen-bond donors (Lipinski definition) is 1. The Morgan fingerprint density at radius 3 is 2.16 bits per heavy atom. The van der Waals surface area contributed by atoms with E-state index < -0.39 is 5.97 Å². The summed E-state index contributed by atoms with van der Waals surface area (Å²) >= 11 is 3.37. The topological polar surface area (TPSA) is 55.8 Å². The van der Waals surface area contributed by atoms with Gasteiger partial charge in [-0.15, -0.1) is 0 Å². The predicted octanol–water partition coefficient (Wildman–Crippen LogP) is 3.65. The fourth-order valence-corrected chi connectivity index (χ4v) is 1.99. The molecule has 0 amide bonds. The van der Waals surface area contributed by atoms with Gasteiger partial charge in [0.1, 0.15) is 0 Å². The number of ether oxygens (including phenoxy) is 2. The number of carboxylic acids is 1. The van der Waals surface area contributed by atoms with Gasteiger partial charge < -0.3 is 14.6 Å². The summed E-state index contributed by atoms with van der Waals surface area (Å²) in [7, 11) is 0. The average molecular weight is 331 g/mol. The smallest absolute Gasteiger partial charge is 0.307 e. The molecule has 0 fully saturated rings. The molecule has 1 aromatic rings. The number of carboxylic acid groups (broad SMARTS) is 1. The second kappa shape index (κ2) is 8.04. The van der Waals surface area contributed by atoms with E-state index in [9.17, 15) is 4.79 Å². The first-order chi connectivity index (χ1) is 9.08. The fourth-order valence-electron chi connectivity index (χ4n) is 1.53. The normalized spacial score (nSPS) is 10.3. The molecule has 19 heavy (non-hydrogen) atoms. The first-order valence-corrected chi connectivity index (χ1v) is 7.17. The van der Waals surface area contributed by atoms with Crippen LogP contribution in [-0.2, 0) is 11.2 Å². The van der Waals surface area contributed by atoms with Crippen LogP contribution in [0.1, 0.15) is 32.3 Å². The lowest BCUT2D eigenvalue weighted by atomic mass is 10.1. The van der Waals surface area contributed by atoms with Gasteiger partial charge in [0.2, 0.25) is 0 Å². The van der Waals surface area contributed by atoms with Gasteiger partial charge >= 0.3 is 5.97 Å². The third-order valence-electron chi connectivity index (χ3n) is 2.38. The molecule has 0 saturated carbocycles. The van der Waals surface area contributed by atoms with Crippen LogP contribution in [0.25, 0.3) is 0 Å². The van der Waals surface area contributed by atoms with Gasteiger partial charge in [-0.1, -0.05) is 29.8 Å². The highest BCUT2D eigenvalue weighted by molar-refractivity contribution is 9.10. The molecule has 0 aliphatic carbocycles. The lowest BCUT2D eigenvalue weighted by molar-refractivity contribution is -0.136. The van der Waals surface area contributed by atoms with Crippen LogP contribution in [0.2, 0.25) is 0 Å². The van der Waals surface area contributed by atoms with Crippen LogP contribution >= 0.6 is 15.9 Å². The van der Waals surface area contributed by atoms with E-state index in [1.165, 1.54) is 0 Å². The van der Waals surface area contributed by atoms with E-state index in [1.807, 2.05) is 13.8 Å². The molecule has 106 valence electrons. The highest BCUT2D eigenvalue weighted by atomic mass is 79.9. The van der Waals surface area contributed by atoms with Crippen LogP contribution < -0.4 is 9.47 Å². The molecule has 4 nitrogen and oxygen atoms in total. The Kier molecular flexibility index (Phi) is 6.70. The Bertz CT molecular complexity index is 432. The molecule has 1 aromatic carbocycles. The van der Waals surface area contributed by atoms with E-state index in [0.717, 1.165) is 17.3 Å². The lowest BCUT2D eigenvalue weighted by Gasteiger charge is -2.14. The van der Waals surface area contributed by atoms with Gasteiger partial charge in [0.25, 0.3) is 0 Å². The van der Waals surface area contributed by atoms with Crippen molar-refractivity contribution in [2.75, 3.05) is 13.2 Å². The summed E-state index contributed by atoms with van der Waals surface area (Å²) in [6.45, 7) is 5.23. The summed E-state index contributed by atoms with van der Waals surface area (Å²) in [6.07, 6.45) is 1.75. The zero-order chi connectivity index (χ0) is 14.3. The molecule has 0 radical (unpaired) electrons. The van der Waals surface area contributed by atoms with E-state index in [4.69, 9.17) is 14.6 Å². The first-order valence-electron chi connectivity index (χ1n) is 6.38. The lowest BCUT2D eigenvalue weighted by Crippen LogP contribution is -2.05. The van der Waals surface area contributed by atoms with E-state index >= 15 is 0 Å². The van der Waals surface area contributed by atoms with Crippen LogP contribution in [0.15, 0.2) is 16.6 Å². The molecule has 0 spiro atoms. The van der Waals surface area contributed by atoms with Crippen molar-refractivity contribution < 1.29 is 19.4 Å². The Hall–Kier alpha value is -1.23. The Balaban J connectivity index is 3.01. The van der Waals surface area contributed by atoms with Gasteiger partial charge in [-0.05, 0) is 30.5 Å². The van der Waals surface area contributed by atoms with Crippen LogP contribution in [-0.4, -0.2) is 24.3 Å². The van der Waals surface area contributed by atoms with Gasteiger partial charge in [0.15, 0.2) is 11.5 Å². The SMILES string of the molecule is CCCOc1cc(Br)c(CC(=O)O)cc1OCCC. The highest BCUT2D eigenvalue weighted by Gasteiger charge is 2.13. The van der Waals surface area contributed by atoms with Gasteiger partial charge in [0.05, 0.1) is 19.6 Å². The minimum Gasteiger partial charge on any atom is -0.490 e. The van der Waals surface area contributed by atoms with Crippen molar-refractivity contribution in [2.24, 2.45) is 0 Å². The molecule has 0 heterocycles. The Morgan fingerprint density at radius 2 is 1.68 bits per heavy atom. The number of rotatable bonds is 8. The zero-order valence-corrected chi connectivity index (χ0v) is 12.8. The van der Waals surface area contributed by atoms with Crippen molar-refractivity contribution in [1.29, 1.82) is 0 Å². The zero-order valence-electron chi connectivity index (χ0n) is 11.2. The molecule has 0 unspecified atom stereocenters. The summed E-state index contributed by atoms with van der Waals surface area (Å²) in [5, 5.41) is 8.88. The van der Waals surface area contributed by atoms with Crippen LogP contribution in [0.4, 0.5) is 0 Å². The molecular weight excluding hydrogens is 312 g/mol. The number of aliphatic carboxylic acids is 1. The molecule has 0 aliphatic heterocycles. The van der Waals surface area contributed by atoms with Crippen molar-refractivity contribution >= 4 is 21.9 Å². The number of carbonyl (C=O) groups is 1. The van der Waals surface area contributed by atoms with Gasteiger partial charge in [-0.2, -0.15) is 0 Å². The van der Waals surface area contributed by atoms with Crippen molar-refractivity contribution in [3.8, 4) is 11.5 Å². The summed E-state index contributed by atoms with van der Waals surface area (Å²) in [5.74, 6) is 0.385. The Morgan fingerprint density at radius 1 is 1.16 bits per heavy atom. The molecule has 0 atom stereocenters. The van der Waals surface area contributed by atoms with Crippen LogP contribution in [0.3, 0.4) is 0 Å². The number of hydrogen-bond acceptors (Lipinski definition) is 3. The maximum Gasteiger partial charge on any atom is 0.307 e. The predicted molar refractivity (Wildman–Crippen MR) is 77.1 cm³/mol. The standard InChI is InChI=1S/C14H19BrO4/c1-3-5-18-12-7-10(8-14(16)17)11(15)9-13(12)19-6-4-2/h7,9H,3-6,8H2,1-2H3,(H,16,17). The largest absolute Gasteiger partial charge is 0.490 e. The van der Waals surface area contributed by atoms with Gasteiger partial charge in [-0.25, -0.2) is 0 Å². The monoisotopic (exact) mass is 330 g/mol. The summed E-state index contributed by atoms with van der Waals surface area (Å²) in [4.78, 5) is 10.8. The van der Waals surface area contributed by atoms with Gasteiger partial charge in [-0.3, -0.25) is 4.79 Å². The van der Waals surface area contributed by atoms with Crippen LogP contribution in [0.5, 0.6) is 11.5 Å². The first kappa shape index (κ1) is 15.8. The second-order valence-corrected chi connectivity index (χ2v) is 5.01. The molecule has 1 N–H and O–H groups in total. The van der Waals surface area contributed by atoms with Crippen molar-refractivity contribution in [1.82, 2.24) is 0 Å². The molecule has 0 bridgehead atoms. The third kappa shape index (κ3) is 5.11. The quantitative estimate of drug-likeness (QED) is 0.790. The molecule has 0 aromatic heterocycles. The molecule has 0 aliphatic rings. The molecular formula is C14H19BrO4. The van der Waals surface area contributed by atoms with Gasteiger partial charge in [0, 0.05) is 4.47 Å². The minimum atomic E-state index is -0.871. The summed E-state index contributed by atoms with van der Waals surface area (Å²) in [6, 6.07) is 3.51. The van der Waals surface area contributed by atoms with Crippen molar-refractivity contribution in [2.45, 2.75) is 33.1 Å². The number of halogens is 1. The minimum absolute atomic E-state index is 0.0445. The number of benzene rings is 1. The van der Waals surface area contributed by atoms with Crippen molar-refractivity contribution in [3.63, 3.8) is 0 Å². The summed E-state index contributed by atoms with van der Waals surface area (Å²) in [5.41, 5.74) is 0.683. The fraction of sp³-hybridized carbons (Fsp3) is 0.500. The molecule has 0 saturated heterocycles. The van der Waals surface area contributed by atoms with E-state index in [0.29, 0.717) is 30.3 Å². The van der Waals surface area contributed by atoms with E-state index in [-0.39, 0.29) is 6.42 Å². The highest BCUT2D eigenvalue weighted by Crippen LogP contribution is 2.34. The van der Waals surface area contributed by atoms with E-state index in [1.54, 1.807) is 12.1 Å². The second-order valence-electron chi connectivity index (χ2n) is 4.16. The van der Waals surface area contributed by atoms with Crippen molar-refractivity contribution in [3.05, 3.63) is 22.2 Å². The molecule has 5 heteroatoms.